The number of hydrogen-bond donors (Lipinski definition) is 1. The van der Waals surface area contributed by atoms with Crippen LogP contribution in [-0.2, 0) is 17.4 Å². The van der Waals surface area contributed by atoms with Crippen LogP contribution < -0.4 is 0 Å². The van der Waals surface area contributed by atoms with Crippen molar-refractivity contribution in [2.45, 2.75) is 52.2 Å². The van der Waals surface area contributed by atoms with Gasteiger partial charge in [0.1, 0.15) is 22.3 Å². The summed E-state index contributed by atoms with van der Waals surface area (Å²) in [6, 6.07) is 10.8. The number of rotatable bonds is 5. The third-order valence-electron chi connectivity index (χ3n) is 7.47. The second kappa shape index (κ2) is 8.78. The quantitative estimate of drug-likeness (QED) is 0.368. The van der Waals surface area contributed by atoms with Crippen LogP contribution in [0.4, 0.5) is 0 Å². The van der Waals surface area contributed by atoms with Crippen LogP contribution in [0.15, 0.2) is 41.1 Å². The number of fused-ring (bicyclic) bond motifs is 3. The Morgan fingerprint density at radius 1 is 1.14 bits per heavy atom. The molecule has 4 aromatic heterocycles. The summed E-state index contributed by atoms with van der Waals surface area (Å²) in [5.74, 6) is 0.322. The van der Waals surface area contributed by atoms with Gasteiger partial charge in [0, 0.05) is 32.0 Å². The zero-order chi connectivity index (χ0) is 25.9. The second-order valence-electron chi connectivity index (χ2n) is 10.7. The van der Waals surface area contributed by atoms with E-state index in [1.807, 2.05) is 20.2 Å². The van der Waals surface area contributed by atoms with E-state index in [-0.39, 0.29) is 6.04 Å². The van der Waals surface area contributed by atoms with Crippen LogP contribution >= 0.6 is 0 Å². The van der Waals surface area contributed by atoms with Gasteiger partial charge in [-0.25, -0.2) is 9.67 Å². The van der Waals surface area contributed by atoms with Crippen LogP contribution in [0.3, 0.4) is 0 Å². The van der Waals surface area contributed by atoms with Gasteiger partial charge in [-0.2, -0.15) is 0 Å². The maximum atomic E-state index is 11.1. The molecule has 1 fully saturated rings. The Bertz CT molecular complexity index is 1580. The van der Waals surface area contributed by atoms with Crippen LogP contribution in [0.2, 0.25) is 0 Å². The molecule has 9 heteroatoms. The normalized spacial score (nSPS) is 16.2. The molecule has 9 nitrogen and oxygen atoms in total. The van der Waals surface area contributed by atoms with Crippen molar-refractivity contribution in [2.75, 3.05) is 13.2 Å². The summed E-state index contributed by atoms with van der Waals surface area (Å²) in [6.45, 7) is 9.00. The maximum Gasteiger partial charge on any atom is 0.211 e. The molecule has 1 saturated heterocycles. The van der Waals surface area contributed by atoms with Crippen molar-refractivity contribution in [3.8, 4) is 11.3 Å². The molecule has 0 bridgehead atoms. The van der Waals surface area contributed by atoms with Gasteiger partial charge in [-0.3, -0.25) is 0 Å². The molecule has 1 atom stereocenters. The third-order valence-corrected chi connectivity index (χ3v) is 7.47. The van der Waals surface area contributed by atoms with E-state index in [0.717, 1.165) is 59.6 Å². The van der Waals surface area contributed by atoms with Crippen LogP contribution in [0.25, 0.3) is 33.4 Å². The van der Waals surface area contributed by atoms with Crippen LogP contribution in [0.1, 0.15) is 55.2 Å². The zero-order valence-corrected chi connectivity index (χ0v) is 21.9. The first-order valence-electron chi connectivity index (χ1n) is 12.8. The molecule has 37 heavy (non-hydrogen) atoms. The summed E-state index contributed by atoms with van der Waals surface area (Å²) in [6.07, 6.45) is 3.70. The van der Waals surface area contributed by atoms with Crippen LogP contribution in [0, 0.1) is 19.8 Å². The first kappa shape index (κ1) is 23.8. The number of nitrogens with zero attached hydrogens (tertiary/aromatic N) is 6. The highest BCUT2D eigenvalue weighted by molar-refractivity contribution is 6.04. The van der Waals surface area contributed by atoms with E-state index in [1.165, 1.54) is 11.1 Å². The monoisotopic (exact) mass is 500 g/mol. The Morgan fingerprint density at radius 2 is 1.92 bits per heavy atom. The van der Waals surface area contributed by atoms with E-state index in [4.69, 9.17) is 14.2 Å². The minimum absolute atomic E-state index is 0.0212. The fourth-order valence-corrected chi connectivity index (χ4v) is 5.79. The molecule has 5 aromatic rings. The van der Waals surface area contributed by atoms with Gasteiger partial charge in [0.05, 0.1) is 22.9 Å². The standard InChI is InChI=1S/C28H32N6O3/c1-16-7-6-8-19(13-16)24(18-9-11-36-12-10-18)34-21-14-20(23-17(2)30-32-33(23)5)15-29-22(21)26-25(34)27(31-37-26)28(3,4)35/h6-8,13-15,18,24,35H,9-12H2,1-5H3. The molecule has 1 aliphatic rings. The van der Waals surface area contributed by atoms with Gasteiger partial charge >= 0.3 is 0 Å². The lowest BCUT2D eigenvalue weighted by atomic mass is 9.86. The SMILES string of the molecule is Cc1cccc(C(C2CCOCC2)n2c3cc(-c4c(C)nnn4C)cnc3c3onc(C(C)(C)O)c32)c1. The number of aryl methyl sites for hydroxylation is 3. The Hall–Kier alpha value is -3.56. The number of benzene rings is 1. The van der Waals surface area contributed by atoms with E-state index in [0.29, 0.717) is 17.2 Å². The molecule has 192 valence electrons. The van der Waals surface area contributed by atoms with Crippen molar-refractivity contribution in [3.63, 3.8) is 0 Å². The largest absolute Gasteiger partial charge is 0.384 e. The number of ether oxygens (including phenoxy) is 1. The molecular weight excluding hydrogens is 468 g/mol. The van der Waals surface area contributed by atoms with Gasteiger partial charge in [-0.05, 0) is 58.1 Å². The number of aliphatic hydroxyl groups is 1. The van der Waals surface area contributed by atoms with Crippen LogP contribution in [0.5, 0.6) is 0 Å². The maximum absolute atomic E-state index is 11.1. The minimum Gasteiger partial charge on any atom is -0.384 e. The predicted octanol–water partition coefficient (Wildman–Crippen LogP) is 4.83. The van der Waals surface area contributed by atoms with Gasteiger partial charge < -0.3 is 18.9 Å². The van der Waals surface area contributed by atoms with Crippen molar-refractivity contribution >= 4 is 22.1 Å². The Labute approximate surface area is 215 Å². The van der Waals surface area contributed by atoms with Crippen molar-refractivity contribution < 1.29 is 14.4 Å². The number of pyridine rings is 1. The minimum atomic E-state index is -1.20. The van der Waals surface area contributed by atoms with Crippen molar-refractivity contribution in [3.05, 3.63) is 59.0 Å². The highest BCUT2D eigenvalue weighted by atomic mass is 16.5. The predicted molar refractivity (Wildman–Crippen MR) is 140 cm³/mol. The molecule has 1 N–H and O–H groups in total. The number of hydrogen-bond acceptors (Lipinski definition) is 7. The molecule has 5 heterocycles. The summed E-state index contributed by atoms with van der Waals surface area (Å²) < 4.78 is 15.7. The fraction of sp³-hybridized carbons (Fsp3) is 0.429. The molecule has 1 aliphatic heterocycles. The average molecular weight is 501 g/mol. The lowest BCUT2D eigenvalue weighted by Crippen LogP contribution is -2.28. The molecule has 0 saturated carbocycles. The van der Waals surface area contributed by atoms with E-state index >= 15 is 0 Å². The third kappa shape index (κ3) is 3.93. The Morgan fingerprint density at radius 3 is 2.59 bits per heavy atom. The summed E-state index contributed by atoms with van der Waals surface area (Å²) in [5.41, 5.74) is 7.40. The van der Waals surface area contributed by atoms with Crippen LogP contribution in [-0.4, -0.2) is 48.0 Å². The topological polar surface area (TPSA) is 104 Å². The van der Waals surface area contributed by atoms with Crippen molar-refractivity contribution in [2.24, 2.45) is 13.0 Å². The fourth-order valence-electron chi connectivity index (χ4n) is 5.79. The molecule has 0 radical (unpaired) electrons. The number of aromatic nitrogens is 6. The first-order chi connectivity index (χ1) is 17.7. The first-order valence-corrected chi connectivity index (χ1v) is 12.8. The summed E-state index contributed by atoms with van der Waals surface area (Å²) in [4.78, 5) is 4.87. The van der Waals surface area contributed by atoms with Crippen molar-refractivity contribution in [1.82, 2.24) is 29.7 Å². The molecule has 0 aliphatic carbocycles. The molecule has 0 spiro atoms. The van der Waals surface area contributed by atoms with Gasteiger partial charge in [0.15, 0.2) is 0 Å². The molecule has 0 amide bonds. The lowest BCUT2D eigenvalue weighted by Gasteiger charge is -2.33. The highest BCUT2D eigenvalue weighted by Gasteiger charge is 2.36. The molecule has 6 rings (SSSR count). The summed E-state index contributed by atoms with van der Waals surface area (Å²) >= 11 is 0. The Kier molecular flexibility index (Phi) is 5.65. The van der Waals surface area contributed by atoms with Gasteiger partial charge in [0.25, 0.3) is 0 Å². The summed E-state index contributed by atoms with van der Waals surface area (Å²) in [5, 5.41) is 23.9. The van der Waals surface area contributed by atoms with E-state index in [2.05, 4.69) is 57.3 Å². The Balaban J connectivity index is 1.71. The smallest absolute Gasteiger partial charge is 0.211 e. The van der Waals surface area contributed by atoms with E-state index < -0.39 is 5.60 Å². The van der Waals surface area contributed by atoms with Gasteiger partial charge in [-0.15, -0.1) is 5.10 Å². The highest BCUT2D eigenvalue weighted by Crippen LogP contribution is 2.43. The molecule has 1 aromatic carbocycles. The summed E-state index contributed by atoms with van der Waals surface area (Å²) in [7, 11) is 1.89. The lowest BCUT2D eigenvalue weighted by molar-refractivity contribution is 0.0547. The molecular formula is C28H32N6O3. The second-order valence-corrected chi connectivity index (χ2v) is 10.7. The average Bonchev–Trinajstić information content (AvgIpc) is 3.53. The van der Waals surface area contributed by atoms with E-state index in [9.17, 15) is 5.11 Å². The van der Waals surface area contributed by atoms with E-state index in [1.54, 1.807) is 18.5 Å². The van der Waals surface area contributed by atoms with Gasteiger partial charge in [-0.1, -0.05) is 40.2 Å². The molecule has 1 unspecified atom stereocenters. The van der Waals surface area contributed by atoms with Crippen molar-refractivity contribution in [1.29, 1.82) is 0 Å². The zero-order valence-electron chi connectivity index (χ0n) is 21.9. The van der Waals surface area contributed by atoms with Gasteiger partial charge in [0.2, 0.25) is 5.58 Å².